The fourth-order valence-corrected chi connectivity index (χ4v) is 3.27. The highest BCUT2D eigenvalue weighted by Gasteiger charge is 2.18. The number of rotatable bonds is 6. The van der Waals surface area contributed by atoms with E-state index in [0.29, 0.717) is 22.6 Å². The van der Waals surface area contributed by atoms with Crippen molar-refractivity contribution in [1.82, 2.24) is 9.38 Å². The van der Waals surface area contributed by atoms with Crippen LogP contribution in [0.2, 0.25) is 0 Å². The van der Waals surface area contributed by atoms with Crippen molar-refractivity contribution in [2.75, 3.05) is 12.4 Å². The molecule has 2 aromatic carbocycles. The molecule has 0 saturated heterocycles. The molecule has 1 amide bonds. The van der Waals surface area contributed by atoms with E-state index in [-0.39, 0.29) is 22.8 Å². The highest BCUT2D eigenvalue weighted by molar-refractivity contribution is 6.09. The highest BCUT2D eigenvalue weighted by atomic mass is 19.1. The second-order valence-electron chi connectivity index (χ2n) is 7.43. The number of carbonyl (C=O) groups is 1. The average Bonchev–Trinajstić information content (AvgIpc) is 2.86. The molecule has 1 N–H and O–H groups in total. The molecular formula is C26H19FN4O4. The molecule has 9 heteroatoms. The first kappa shape index (κ1) is 23.2. The minimum atomic E-state index is -0.723. The molecule has 0 aliphatic rings. The number of aromatic nitrogens is 2. The second kappa shape index (κ2) is 9.89. The van der Waals surface area contributed by atoms with E-state index in [1.807, 2.05) is 6.07 Å². The van der Waals surface area contributed by atoms with Crippen molar-refractivity contribution in [2.24, 2.45) is 0 Å². The van der Waals surface area contributed by atoms with Crippen LogP contribution in [0.3, 0.4) is 0 Å². The van der Waals surface area contributed by atoms with E-state index in [1.54, 1.807) is 43.3 Å². The molecule has 0 aliphatic heterocycles. The number of fused-ring (bicyclic) bond motifs is 1. The molecule has 4 aromatic rings. The van der Waals surface area contributed by atoms with Gasteiger partial charge in [-0.3, -0.25) is 14.0 Å². The molecule has 0 fully saturated rings. The van der Waals surface area contributed by atoms with Crippen LogP contribution in [0.1, 0.15) is 11.1 Å². The van der Waals surface area contributed by atoms with Gasteiger partial charge in [0.1, 0.15) is 40.2 Å². The summed E-state index contributed by atoms with van der Waals surface area (Å²) >= 11 is 0. The molecule has 0 unspecified atom stereocenters. The Labute approximate surface area is 199 Å². The lowest BCUT2D eigenvalue weighted by molar-refractivity contribution is -0.112. The van der Waals surface area contributed by atoms with Crippen molar-refractivity contribution < 1.29 is 18.7 Å². The topological polar surface area (TPSA) is 106 Å². The zero-order valence-electron chi connectivity index (χ0n) is 18.8. The molecule has 8 nitrogen and oxygen atoms in total. The molecule has 2 aromatic heterocycles. The van der Waals surface area contributed by atoms with Gasteiger partial charge in [0.05, 0.1) is 7.11 Å². The van der Waals surface area contributed by atoms with Crippen LogP contribution in [0.15, 0.2) is 77.2 Å². The molecular weight excluding hydrogens is 451 g/mol. The van der Waals surface area contributed by atoms with Gasteiger partial charge in [-0.25, -0.2) is 4.39 Å². The Kier molecular flexibility index (Phi) is 6.55. The first-order valence-electron chi connectivity index (χ1n) is 10.4. The zero-order chi connectivity index (χ0) is 24.9. The van der Waals surface area contributed by atoms with Crippen LogP contribution in [-0.2, 0) is 4.79 Å². The average molecular weight is 470 g/mol. The number of nitriles is 1. The number of anilines is 1. The maximum Gasteiger partial charge on any atom is 0.269 e. The minimum absolute atomic E-state index is 0.112. The van der Waals surface area contributed by atoms with Crippen LogP contribution in [0.4, 0.5) is 10.1 Å². The molecule has 2 heterocycles. The van der Waals surface area contributed by atoms with Gasteiger partial charge in [-0.05, 0) is 73.2 Å². The van der Waals surface area contributed by atoms with E-state index in [1.165, 1.54) is 42.0 Å². The number of amides is 1. The number of carbonyl (C=O) groups excluding carboxylic acids is 1. The van der Waals surface area contributed by atoms with E-state index < -0.39 is 17.3 Å². The molecule has 174 valence electrons. The maximum absolute atomic E-state index is 13.3. The standard InChI is InChI=1S/C26H19FN4O4/c1-16-4-3-13-31-23(16)30-25(35-21-9-5-18(27)6-10-21)22(26(31)33)14-17(15-28)24(32)29-19-7-11-20(34-2)12-8-19/h3-14H,1-2H3,(H,29,32). The predicted molar refractivity (Wildman–Crippen MR) is 128 cm³/mol. The fourth-order valence-electron chi connectivity index (χ4n) is 3.27. The summed E-state index contributed by atoms with van der Waals surface area (Å²) in [5.41, 5.74) is 0.495. The van der Waals surface area contributed by atoms with Crippen molar-refractivity contribution in [3.63, 3.8) is 0 Å². The van der Waals surface area contributed by atoms with Gasteiger partial charge in [0.2, 0.25) is 5.88 Å². The number of pyridine rings is 1. The third-order valence-electron chi connectivity index (χ3n) is 5.08. The van der Waals surface area contributed by atoms with Crippen LogP contribution >= 0.6 is 0 Å². The summed E-state index contributed by atoms with van der Waals surface area (Å²) in [5.74, 6) is -0.471. The van der Waals surface area contributed by atoms with Gasteiger partial charge >= 0.3 is 0 Å². The summed E-state index contributed by atoms with van der Waals surface area (Å²) in [6.07, 6.45) is 2.65. The van der Waals surface area contributed by atoms with Gasteiger partial charge < -0.3 is 14.8 Å². The molecule has 0 radical (unpaired) electrons. The first-order valence-corrected chi connectivity index (χ1v) is 10.4. The summed E-state index contributed by atoms with van der Waals surface area (Å²) in [4.78, 5) is 30.6. The Morgan fingerprint density at radius 3 is 2.46 bits per heavy atom. The van der Waals surface area contributed by atoms with Crippen molar-refractivity contribution >= 4 is 23.3 Å². The van der Waals surface area contributed by atoms with Gasteiger partial charge in [-0.1, -0.05) is 6.07 Å². The molecule has 35 heavy (non-hydrogen) atoms. The second-order valence-corrected chi connectivity index (χ2v) is 7.43. The van der Waals surface area contributed by atoms with E-state index in [0.717, 1.165) is 6.08 Å². The third kappa shape index (κ3) is 5.02. The normalized spacial score (nSPS) is 11.1. The number of hydrogen-bond acceptors (Lipinski definition) is 6. The van der Waals surface area contributed by atoms with Gasteiger partial charge in [-0.2, -0.15) is 10.2 Å². The van der Waals surface area contributed by atoms with Crippen molar-refractivity contribution in [3.8, 4) is 23.4 Å². The summed E-state index contributed by atoms with van der Waals surface area (Å²) in [6, 6.07) is 17.0. The van der Waals surface area contributed by atoms with Crippen LogP contribution in [0, 0.1) is 24.1 Å². The zero-order valence-corrected chi connectivity index (χ0v) is 18.8. The van der Waals surface area contributed by atoms with Gasteiger partial charge in [-0.15, -0.1) is 0 Å². The molecule has 0 atom stereocenters. The maximum atomic E-state index is 13.3. The number of benzene rings is 2. The number of halogens is 1. The molecule has 0 saturated carbocycles. The van der Waals surface area contributed by atoms with Crippen LogP contribution in [0.5, 0.6) is 17.4 Å². The number of methoxy groups -OCH3 is 1. The number of nitrogens with one attached hydrogen (secondary N) is 1. The predicted octanol–water partition coefficient (Wildman–Crippen LogP) is 4.49. The molecule has 0 spiro atoms. The van der Waals surface area contributed by atoms with Crippen molar-refractivity contribution in [3.05, 3.63) is 99.7 Å². The lowest BCUT2D eigenvalue weighted by atomic mass is 10.1. The summed E-state index contributed by atoms with van der Waals surface area (Å²) < 4.78 is 25.5. The lowest BCUT2D eigenvalue weighted by Crippen LogP contribution is -2.20. The third-order valence-corrected chi connectivity index (χ3v) is 5.08. The number of aryl methyl sites for hydroxylation is 1. The van der Waals surface area contributed by atoms with E-state index in [9.17, 15) is 19.2 Å². The minimum Gasteiger partial charge on any atom is -0.497 e. The Bertz CT molecular complexity index is 1540. The largest absolute Gasteiger partial charge is 0.497 e. The first-order chi connectivity index (χ1) is 16.9. The Hall–Kier alpha value is -4.97. The number of hydrogen-bond donors (Lipinski definition) is 1. The highest BCUT2D eigenvalue weighted by Crippen LogP contribution is 2.25. The lowest BCUT2D eigenvalue weighted by Gasteiger charge is -2.11. The Morgan fingerprint density at radius 1 is 1.11 bits per heavy atom. The van der Waals surface area contributed by atoms with Gasteiger partial charge in [0, 0.05) is 11.9 Å². The van der Waals surface area contributed by atoms with Crippen LogP contribution in [-0.4, -0.2) is 22.4 Å². The van der Waals surface area contributed by atoms with Crippen molar-refractivity contribution in [2.45, 2.75) is 6.92 Å². The van der Waals surface area contributed by atoms with Gasteiger partial charge in [0.15, 0.2) is 0 Å². The fraction of sp³-hybridized carbons (Fsp3) is 0.0769. The van der Waals surface area contributed by atoms with Gasteiger partial charge in [0.25, 0.3) is 11.5 Å². The number of nitrogens with zero attached hydrogens (tertiary/aromatic N) is 3. The summed E-state index contributed by atoms with van der Waals surface area (Å²) in [6.45, 7) is 1.78. The SMILES string of the molecule is COc1ccc(NC(=O)C(C#N)=Cc2c(Oc3ccc(F)cc3)nc3c(C)cccn3c2=O)cc1. The molecule has 4 rings (SSSR count). The van der Waals surface area contributed by atoms with Crippen LogP contribution < -0.4 is 20.3 Å². The van der Waals surface area contributed by atoms with E-state index in [2.05, 4.69) is 10.3 Å². The Balaban J connectivity index is 1.79. The molecule has 0 bridgehead atoms. The number of ether oxygens (including phenoxy) is 2. The van der Waals surface area contributed by atoms with Crippen LogP contribution in [0.25, 0.3) is 11.7 Å². The smallest absolute Gasteiger partial charge is 0.269 e. The van der Waals surface area contributed by atoms with Crippen molar-refractivity contribution in [1.29, 1.82) is 5.26 Å². The summed E-state index contributed by atoms with van der Waals surface area (Å²) in [5, 5.41) is 12.3. The molecule has 0 aliphatic carbocycles. The Morgan fingerprint density at radius 2 is 1.80 bits per heavy atom. The quantitative estimate of drug-likeness (QED) is 0.329. The monoisotopic (exact) mass is 470 g/mol. The van der Waals surface area contributed by atoms with E-state index >= 15 is 0 Å². The van der Waals surface area contributed by atoms with E-state index in [4.69, 9.17) is 9.47 Å². The summed E-state index contributed by atoms with van der Waals surface area (Å²) in [7, 11) is 1.52.